The van der Waals surface area contributed by atoms with Crippen LogP contribution in [0.4, 0.5) is 5.95 Å². The highest BCUT2D eigenvalue weighted by Crippen LogP contribution is 2.32. The largest absolute Gasteiger partial charge is 0.351 e. The van der Waals surface area contributed by atoms with Crippen LogP contribution in [-0.2, 0) is 0 Å². The van der Waals surface area contributed by atoms with Crippen LogP contribution < -0.4 is 5.32 Å². The Labute approximate surface area is 104 Å². The van der Waals surface area contributed by atoms with E-state index in [0.717, 1.165) is 15.4 Å². The van der Waals surface area contributed by atoms with Gasteiger partial charge >= 0.3 is 0 Å². The number of hydrogen-bond acceptors (Lipinski definition) is 3. The Bertz CT molecular complexity index is 325. The lowest BCUT2D eigenvalue weighted by atomic mass is 9.98. The van der Waals surface area contributed by atoms with Gasteiger partial charge in [0.2, 0.25) is 5.95 Å². The van der Waals surface area contributed by atoms with Crippen LogP contribution in [0, 0.1) is 15.4 Å². The molecule has 1 fully saturated rings. The second kappa shape index (κ2) is 4.63. The molecule has 1 aliphatic carbocycles. The number of anilines is 1. The van der Waals surface area contributed by atoms with Crippen LogP contribution in [0.25, 0.3) is 0 Å². The van der Waals surface area contributed by atoms with Gasteiger partial charge in [-0.2, -0.15) is 0 Å². The molecule has 0 radical (unpaired) electrons. The Morgan fingerprint density at radius 3 is 2.47 bits per heavy atom. The maximum Gasteiger partial charge on any atom is 0.222 e. The van der Waals surface area contributed by atoms with Gasteiger partial charge in [0.25, 0.3) is 0 Å². The number of hydrogen-bond donors (Lipinski definition) is 1. The molecule has 15 heavy (non-hydrogen) atoms. The van der Waals surface area contributed by atoms with Crippen molar-refractivity contribution in [2.45, 2.75) is 32.7 Å². The molecular formula is C11H16IN3. The minimum absolute atomic E-state index is 0.542. The van der Waals surface area contributed by atoms with E-state index in [1.54, 1.807) is 0 Å². The third-order valence-electron chi connectivity index (χ3n) is 3.40. The zero-order valence-electron chi connectivity index (χ0n) is 9.07. The van der Waals surface area contributed by atoms with E-state index >= 15 is 0 Å². The Balaban J connectivity index is 2.00. The van der Waals surface area contributed by atoms with Gasteiger partial charge in [-0.25, -0.2) is 9.97 Å². The predicted molar refractivity (Wildman–Crippen MR) is 69.7 cm³/mol. The molecule has 1 heterocycles. The average molecular weight is 317 g/mol. The topological polar surface area (TPSA) is 37.8 Å². The van der Waals surface area contributed by atoms with Gasteiger partial charge in [0.05, 0.1) is 0 Å². The summed E-state index contributed by atoms with van der Waals surface area (Å²) in [5.41, 5.74) is 0. The minimum atomic E-state index is 0.542. The number of aromatic nitrogens is 2. The van der Waals surface area contributed by atoms with Crippen LogP contribution in [-0.4, -0.2) is 16.0 Å². The Hall–Kier alpha value is -0.390. The first kappa shape index (κ1) is 11.1. The molecule has 0 aliphatic heterocycles. The third kappa shape index (κ3) is 2.59. The zero-order chi connectivity index (χ0) is 10.8. The Kier molecular flexibility index (Phi) is 3.43. The second-order valence-corrected chi connectivity index (χ2v) is 5.64. The first-order chi connectivity index (χ1) is 7.16. The summed E-state index contributed by atoms with van der Waals surface area (Å²) in [6.07, 6.45) is 6.23. The standard InChI is InChI=1S/C11H16IN3/c1-7-3-4-10(8(7)2)15-11-13-5-9(12)6-14-11/h5-8,10H,3-4H2,1-2H3,(H,13,14,15). The fourth-order valence-corrected chi connectivity index (χ4v) is 2.40. The van der Waals surface area contributed by atoms with Crippen molar-refractivity contribution in [2.75, 3.05) is 5.32 Å². The molecule has 2 rings (SSSR count). The van der Waals surface area contributed by atoms with E-state index in [1.807, 2.05) is 12.4 Å². The van der Waals surface area contributed by atoms with E-state index in [4.69, 9.17) is 0 Å². The van der Waals surface area contributed by atoms with Crippen molar-refractivity contribution in [1.29, 1.82) is 0 Å². The number of rotatable bonds is 2. The smallest absolute Gasteiger partial charge is 0.222 e. The highest BCUT2D eigenvalue weighted by molar-refractivity contribution is 14.1. The van der Waals surface area contributed by atoms with Crippen molar-refractivity contribution in [2.24, 2.45) is 11.8 Å². The zero-order valence-corrected chi connectivity index (χ0v) is 11.2. The maximum atomic E-state index is 4.27. The van der Waals surface area contributed by atoms with Crippen LogP contribution in [0.15, 0.2) is 12.4 Å². The highest BCUT2D eigenvalue weighted by atomic mass is 127. The van der Waals surface area contributed by atoms with Crippen molar-refractivity contribution in [3.63, 3.8) is 0 Å². The lowest BCUT2D eigenvalue weighted by Crippen LogP contribution is -2.25. The molecule has 0 spiro atoms. The van der Waals surface area contributed by atoms with E-state index < -0.39 is 0 Å². The van der Waals surface area contributed by atoms with Crippen molar-refractivity contribution >= 4 is 28.5 Å². The summed E-state index contributed by atoms with van der Waals surface area (Å²) in [4.78, 5) is 8.54. The minimum Gasteiger partial charge on any atom is -0.351 e. The van der Waals surface area contributed by atoms with Crippen LogP contribution in [0.3, 0.4) is 0 Å². The van der Waals surface area contributed by atoms with E-state index in [-0.39, 0.29) is 0 Å². The molecule has 0 aromatic carbocycles. The second-order valence-electron chi connectivity index (χ2n) is 4.39. The first-order valence-electron chi connectivity index (χ1n) is 5.41. The molecule has 1 N–H and O–H groups in total. The molecule has 1 saturated carbocycles. The van der Waals surface area contributed by atoms with Crippen molar-refractivity contribution in [3.8, 4) is 0 Å². The summed E-state index contributed by atoms with van der Waals surface area (Å²) >= 11 is 2.22. The summed E-state index contributed by atoms with van der Waals surface area (Å²) < 4.78 is 1.07. The molecule has 3 atom stereocenters. The molecule has 0 saturated heterocycles. The predicted octanol–water partition coefficient (Wildman–Crippen LogP) is 2.93. The lowest BCUT2D eigenvalue weighted by molar-refractivity contribution is 0.434. The molecule has 1 aromatic rings. The third-order valence-corrected chi connectivity index (χ3v) is 3.96. The number of halogens is 1. The van der Waals surface area contributed by atoms with Crippen LogP contribution >= 0.6 is 22.6 Å². The molecule has 1 aromatic heterocycles. The fraction of sp³-hybridized carbons (Fsp3) is 0.636. The quantitative estimate of drug-likeness (QED) is 0.852. The van der Waals surface area contributed by atoms with Gasteiger partial charge in [-0.15, -0.1) is 0 Å². The van der Waals surface area contributed by atoms with E-state index in [0.29, 0.717) is 12.0 Å². The van der Waals surface area contributed by atoms with Crippen LogP contribution in [0.2, 0.25) is 0 Å². The molecule has 82 valence electrons. The van der Waals surface area contributed by atoms with Gasteiger partial charge in [0, 0.05) is 22.0 Å². The molecule has 3 nitrogen and oxygen atoms in total. The van der Waals surface area contributed by atoms with Crippen molar-refractivity contribution in [1.82, 2.24) is 9.97 Å². The summed E-state index contributed by atoms with van der Waals surface area (Å²) in [6.45, 7) is 4.63. The van der Waals surface area contributed by atoms with Gasteiger partial charge in [-0.05, 0) is 47.3 Å². The van der Waals surface area contributed by atoms with Gasteiger partial charge in [0.15, 0.2) is 0 Å². The molecule has 0 amide bonds. The normalized spacial score (nSPS) is 30.5. The molecule has 0 bridgehead atoms. The molecule has 3 unspecified atom stereocenters. The summed E-state index contributed by atoms with van der Waals surface area (Å²) in [7, 11) is 0. The molecule has 1 aliphatic rings. The monoisotopic (exact) mass is 317 g/mol. The maximum absolute atomic E-state index is 4.27. The van der Waals surface area contributed by atoms with Gasteiger partial charge in [0.1, 0.15) is 0 Å². The first-order valence-corrected chi connectivity index (χ1v) is 6.49. The number of nitrogens with zero attached hydrogens (tertiary/aromatic N) is 2. The summed E-state index contributed by atoms with van der Waals surface area (Å²) in [5.74, 6) is 2.29. The highest BCUT2D eigenvalue weighted by Gasteiger charge is 2.29. The number of nitrogens with one attached hydrogen (secondary N) is 1. The SMILES string of the molecule is CC1CCC(Nc2ncc(I)cn2)C1C. The van der Waals surface area contributed by atoms with Crippen LogP contribution in [0.5, 0.6) is 0 Å². The Morgan fingerprint density at radius 2 is 1.93 bits per heavy atom. The van der Waals surface area contributed by atoms with Gasteiger partial charge in [-0.3, -0.25) is 0 Å². The Morgan fingerprint density at radius 1 is 1.27 bits per heavy atom. The van der Waals surface area contributed by atoms with E-state index in [1.165, 1.54) is 12.8 Å². The average Bonchev–Trinajstić information content (AvgIpc) is 2.53. The van der Waals surface area contributed by atoms with Crippen molar-refractivity contribution < 1.29 is 0 Å². The summed E-state index contributed by atoms with van der Waals surface area (Å²) in [6, 6.07) is 0.542. The fourth-order valence-electron chi connectivity index (χ4n) is 2.12. The van der Waals surface area contributed by atoms with Crippen LogP contribution in [0.1, 0.15) is 26.7 Å². The van der Waals surface area contributed by atoms with Gasteiger partial charge in [-0.1, -0.05) is 13.8 Å². The van der Waals surface area contributed by atoms with E-state index in [2.05, 4.69) is 51.7 Å². The summed E-state index contributed by atoms with van der Waals surface area (Å²) in [5, 5.41) is 3.42. The lowest BCUT2D eigenvalue weighted by Gasteiger charge is -2.19. The van der Waals surface area contributed by atoms with Crippen molar-refractivity contribution in [3.05, 3.63) is 16.0 Å². The molecular weight excluding hydrogens is 301 g/mol. The van der Waals surface area contributed by atoms with E-state index in [9.17, 15) is 0 Å². The molecule has 4 heteroatoms. The van der Waals surface area contributed by atoms with Gasteiger partial charge < -0.3 is 5.32 Å².